The Hall–Kier alpha value is -1.43. The molecule has 1 aliphatic heterocycles. The maximum atomic E-state index is 13.9. The van der Waals surface area contributed by atoms with Crippen molar-refractivity contribution in [1.82, 2.24) is 9.97 Å². The van der Waals surface area contributed by atoms with E-state index in [9.17, 15) is 4.39 Å². The van der Waals surface area contributed by atoms with Gasteiger partial charge in [-0.05, 0) is 32.1 Å². The number of rotatable bonds is 5. The van der Waals surface area contributed by atoms with Crippen LogP contribution < -0.4 is 10.2 Å². The van der Waals surface area contributed by atoms with Gasteiger partial charge >= 0.3 is 0 Å². The fraction of sp³-hybridized carbons (Fsp3) is 0.692. The molecule has 19 heavy (non-hydrogen) atoms. The third kappa shape index (κ3) is 3.53. The summed E-state index contributed by atoms with van der Waals surface area (Å²) in [5, 5.41) is 12.0. The van der Waals surface area contributed by atoms with Crippen molar-refractivity contribution in [3.63, 3.8) is 0 Å². The molecule has 5 nitrogen and oxygen atoms in total. The monoisotopic (exact) mass is 268 g/mol. The second kappa shape index (κ2) is 6.65. The number of anilines is 2. The Morgan fingerprint density at radius 3 is 3.16 bits per heavy atom. The molecule has 1 saturated heterocycles. The van der Waals surface area contributed by atoms with Crippen molar-refractivity contribution in [2.75, 3.05) is 36.5 Å². The van der Waals surface area contributed by atoms with E-state index < -0.39 is 0 Å². The minimum absolute atomic E-state index is 0.188. The number of aromatic nitrogens is 2. The number of nitrogens with one attached hydrogen (secondary N) is 1. The average molecular weight is 268 g/mol. The number of aliphatic hydroxyl groups excluding tert-OH is 1. The second-order valence-electron chi connectivity index (χ2n) is 4.86. The van der Waals surface area contributed by atoms with Gasteiger partial charge in [-0.1, -0.05) is 0 Å². The van der Waals surface area contributed by atoms with Crippen molar-refractivity contribution in [3.05, 3.63) is 12.0 Å². The van der Waals surface area contributed by atoms with Crippen molar-refractivity contribution < 1.29 is 9.50 Å². The lowest BCUT2D eigenvalue weighted by atomic mass is 9.95. The summed E-state index contributed by atoms with van der Waals surface area (Å²) in [6, 6.07) is 0. The third-order valence-corrected chi connectivity index (χ3v) is 3.42. The predicted octanol–water partition coefficient (Wildman–Crippen LogP) is 1.65. The van der Waals surface area contributed by atoms with Crippen LogP contribution in [-0.4, -0.2) is 41.3 Å². The standard InChI is InChI=1S/C13H21FN4O/c1-2-15-13-16-8-11(14)12(17-13)18-6-3-4-10(9-18)5-7-19/h8,10,19H,2-7,9H2,1H3,(H,15,16,17). The second-order valence-corrected chi connectivity index (χ2v) is 4.86. The number of piperidine rings is 1. The number of halogens is 1. The molecule has 6 heteroatoms. The number of aliphatic hydroxyl groups is 1. The minimum Gasteiger partial charge on any atom is -0.396 e. The molecule has 0 spiro atoms. The quantitative estimate of drug-likeness (QED) is 0.850. The Bertz CT molecular complexity index is 414. The molecule has 1 aromatic heterocycles. The summed E-state index contributed by atoms with van der Waals surface area (Å²) in [4.78, 5) is 10.1. The molecule has 0 aliphatic carbocycles. The zero-order valence-corrected chi connectivity index (χ0v) is 11.3. The predicted molar refractivity (Wildman–Crippen MR) is 72.8 cm³/mol. The van der Waals surface area contributed by atoms with Crippen LogP contribution >= 0.6 is 0 Å². The molecule has 0 amide bonds. The summed E-state index contributed by atoms with van der Waals surface area (Å²) in [5.74, 6) is 0.860. The third-order valence-electron chi connectivity index (χ3n) is 3.42. The van der Waals surface area contributed by atoms with E-state index in [2.05, 4.69) is 15.3 Å². The van der Waals surface area contributed by atoms with Gasteiger partial charge in [0.05, 0.1) is 6.20 Å². The fourth-order valence-corrected chi connectivity index (χ4v) is 2.50. The van der Waals surface area contributed by atoms with E-state index in [0.29, 0.717) is 24.2 Å². The van der Waals surface area contributed by atoms with Gasteiger partial charge in [-0.2, -0.15) is 4.98 Å². The first-order chi connectivity index (χ1) is 9.24. The molecule has 2 heterocycles. The zero-order valence-electron chi connectivity index (χ0n) is 11.3. The number of hydrogen-bond donors (Lipinski definition) is 2. The van der Waals surface area contributed by atoms with Gasteiger partial charge in [-0.15, -0.1) is 0 Å². The van der Waals surface area contributed by atoms with Crippen molar-refractivity contribution >= 4 is 11.8 Å². The molecule has 0 bridgehead atoms. The normalized spacial score (nSPS) is 19.5. The van der Waals surface area contributed by atoms with Crippen LogP contribution in [0.5, 0.6) is 0 Å². The fourth-order valence-electron chi connectivity index (χ4n) is 2.50. The highest BCUT2D eigenvalue weighted by Crippen LogP contribution is 2.25. The molecule has 1 fully saturated rings. The van der Waals surface area contributed by atoms with Crippen LogP contribution in [0.3, 0.4) is 0 Å². The molecule has 1 atom stereocenters. The lowest BCUT2D eigenvalue weighted by molar-refractivity contribution is 0.244. The van der Waals surface area contributed by atoms with Crippen molar-refractivity contribution in [2.45, 2.75) is 26.2 Å². The average Bonchev–Trinajstić information content (AvgIpc) is 2.42. The minimum atomic E-state index is -0.383. The molecular weight excluding hydrogens is 247 g/mol. The maximum Gasteiger partial charge on any atom is 0.224 e. The summed E-state index contributed by atoms with van der Waals surface area (Å²) >= 11 is 0. The van der Waals surface area contributed by atoms with Gasteiger partial charge in [0.15, 0.2) is 11.6 Å². The van der Waals surface area contributed by atoms with Crippen LogP contribution in [-0.2, 0) is 0 Å². The Labute approximate surface area is 112 Å². The molecule has 106 valence electrons. The molecule has 1 aliphatic rings. The van der Waals surface area contributed by atoms with E-state index in [1.165, 1.54) is 6.20 Å². The molecule has 0 radical (unpaired) electrons. The zero-order chi connectivity index (χ0) is 13.7. The molecule has 0 aromatic carbocycles. The first-order valence-corrected chi connectivity index (χ1v) is 6.86. The molecule has 1 unspecified atom stereocenters. The number of nitrogens with zero attached hydrogens (tertiary/aromatic N) is 3. The largest absolute Gasteiger partial charge is 0.396 e. The number of hydrogen-bond acceptors (Lipinski definition) is 5. The van der Waals surface area contributed by atoms with Crippen LogP contribution in [0, 0.1) is 11.7 Å². The van der Waals surface area contributed by atoms with E-state index in [1.54, 1.807) is 0 Å². The van der Waals surface area contributed by atoms with E-state index in [1.807, 2.05) is 11.8 Å². The molecule has 0 saturated carbocycles. The van der Waals surface area contributed by atoms with Crippen LogP contribution in [0.25, 0.3) is 0 Å². The van der Waals surface area contributed by atoms with Gasteiger partial charge in [-0.3, -0.25) is 0 Å². The molecule has 1 aromatic rings. The van der Waals surface area contributed by atoms with E-state index >= 15 is 0 Å². The summed E-state index contributed by atoms with van der Waals surface area (Å²) in [7, 11) is 0. The van der Waals surface area contributed by atoms with Crippen LogP contribution in [0.15, 0.2) is 6.20 Å². The van der Waals surface area contributed by atoms with Gasteiger partial charge < -0.3 is 15.3 Å². The SMILES string of the molecule is CCNc1ncc(F)c(N2CCCC(CCO)C2)n1. The maximum absolute atomic E-state index is 13.9. The highest BCUT2D eigenvalue weighted by Gasteiger charge is 2.23. The summed E-state index contributed by atoms with van der Waals surface area (Å²) in [6.07, 6.45) is 4.08. The summed E-state index contributed by atoms with van der Waals surface area (Å²) in [6.45, 7) is 4.40. The molecule has 2 rings (SSSR count). The summed E-state index contributed by atoms with van der Waals surface area (Å²) < 4.78 is 13.9. The lowest BCUT2D eigenvalue weighted by Crippen LogP contribution is -2.37. The van der Waals surface area contributed by atoms with E-state index in [0.717, 1.165) is 32.4 Å². The van der Waals surface area contributed by atoms with E-state index in [4.69, 9.17) is 5.11 Å². The van der Waals surface area contributed by atoms with Crippen molar-refractivity contribution in [3.8, 4) is 0 Å². The highest BCUT2D eigenvalue weighted by atomic mass is 19.1. The molecule has 2 N–H and O–H groups in total. The van der Waals surface area contributed by atoms with Gasteiger partial charge in [0.25, 0.3) is 0 Å². The first kappa shape index (κ1) is 14.0. The Kier molecular flexibility index (Phi) is 4.90. The first-order valence-electron chi connectivity index (χ1n) is 6.86. The van der Waals surface area contributed by atoms with Crippen molar-refractivity contribution in [1.29, 1.82) is 0 Å². The van der Waals surface area contributed by atoms with Gasteiger partial charge in [0, 0.05) is 26.2 Å². The lowest BCUT2D eigenvalue weighted by Gasteiger charge is -2.33. The Morgan fingerprint density at radius 2 is 2.42 bits per heavy atom. The summed E-state index contributed by atoms with van der Waals surface area (Å²) in [5.41, 5.74) is 0. The van der Waals surface area contributed by atoms with Gasteiger partial charge in [-0.25, -0.2) is 9.37 Å². The van der Waals surface area contributed by atoms with Crippen LogP contribution in [0.2, 0.25) is 0 Å². The van der Waals surface area contributed by atoms with E-state index in [-0.39, 0.29) is 12.4 Å². The Balaban J connectivity index is 2.13. The smallest absolute Gasteiger partial charge is 0.224 e. The molecular formula is C13H21FN4O. The highest BCUT2D eigenvalue weighted by molar-refractivity contribution is 5.44. The topological polar surface area (TPSA) is 61.3 Å². The van der Waals surface area contributed by atoms with Crippen molar-refractivity contribution in [2.24, 2.45) is 5.92 Å². The van der Waals surface area contributed by atoms with Crippen LogP contribution in [0.1, 0.15) is 26.2 Å². The van der Waals surface area contributed by atoms with Crippen LogP contribution in [0.4, 0.5) is 16.2 Å². The van der Waals surface area contributed by atoms with Gasteiger partial charge in [0.2, 0.25) is 5.95 Å². The van der Waals surface area contributed by atoms with Gasteiger partial charge in [0.1, 0.15) is 0 Å². The Morgan fingerprint density at radius 1 is 1.58 bits per heavy atom.